The average Bonchev–Trinajstić information content (AvgIpc) is 2.79. The summed E-state index contributed by atoms with van der Waals surface area (Å²) in [5.41, 5.74) is 2.59. The van der Waals surface area contributed by atoms with Crippen molar-refractivity contribution < 1.29 is 13.1 Å². The van der Waals surface area contributed by atoms with Gasteiger partial charge < -0.3 is 4.83 Å². The average molecular weight is 425 g/mol. The summed E-state index contributed by atoms with van der Waals surface area (Å²) in [6.45, 7) is 1.92. The molecule has 4 nitrogen and oxygen atoms in total. The quantitative estimate of drug-likeness (QED) is 0.271. The number of pyridine rings is 1. The van der Waals surface area contributed by atoms with Gasteiger partial charge in [0.2, 0.25) is 5.69 Å². The fourth-order valence-corrected chi connectivity index (χ4v) is 4.70. The molecule has 0 radical (unpaired) electrons. The van der Waals surface area contributed by atoms with Gasteiger partial charge in [0, 0.05) is 22.4 Å². The molecular formula is C26H20N2O2S. The van der Waals surface area contributed by atoms with Crippen LogP contribution in [0, 0.1) is 6.92 Å². The fourth-order valence-electron chi connectivity index (χ4n) is 3.76. The summed E-state index contributed by atoms with van der Waals surface area (Å²) >= 11 is 0. The lowest BCUT2D eigenvalue weighted by Crippen LogP contribution is -2.34. The minimum atomic E-state index is -3.88. The first-order valence-corrected chi connectivity index (χ1v) is 11.4. The molecule has 0 aliphatic heterocycles. The molecule has 0 bridgehead atoms. The molecule has 5 rings (SSSR count). The van der Waals surface area contributed by atoms with Gasteiger partial charge in [0.25, 0.3) is 0 Å². The highest BCUT2D eigenvalue weighted by atomic mass is 32.2. The van der Waals surface area contributed by atoms with E-state index in [-0.39, 0.29) is 4.90 Å². The maximum atomic E-state index is 13.1. The van der Waals surface area contributed by atoms with Crippen molar-refractivity contribution in [3.63, 3.8) is 0 Å². The lowest BCUT2D eigenvalue weighted by atomic mass is 10.0. The molecule has 0 aliphatic carbocycles. The summed E-state index contributed by atoms with van der Waals surface area (Å²) in [5, 5.41) is 4.22. The SMILES string of the molecule is Cc1ccc(S(=O)(=O)[N-][n+]2cc3ccc4ccccc4c3cc2-c2ccccc2)cc1. The van der Waals surface area contributed by atoms with Crippen LogP contribution in [-0.4, -0.2) is 8.42 Å². The Kier molecular flexibility index (Phi) is 4.68. The van der Waals surface area contributed by atoms with E-state index in [0.717, 1.165) is 32.7 Å². The third kappa shape index (κ3) is 3.64. The summed E-state index contributed by atoms with van der Waals surface area (Å²) in [6.07, 6.45) is 1.79. The van der Waals surface area contributed by atoms with E-state index in [0.29, 0.717) is 5.69 Å². The maximum absolute atomic E-state index is 13.1. The van der Waals surface area contributed by atoms with Gasteiger partial charge in [0.05, 0.1) is 4.90 Å². The topological polar surface area (TPSA) is 52.1 Å². The molecule has 0 unspecified atom stereocenters. The zero-order valence-electron chi connectivity index (χ0n) is 16.9. The highest BCUT2D eigenvalue weighted by Crippen LogP contribution is 2.29. The highest BCUT2D eigenvalue weighted by molar-refractivity contribution is 7.93. The molecule has 0 N–H and O–H groups in total. The Labute approximate surface area is 181 Å². The van der Waals surface area contributed by atoms with Gasteiger partial charge in [0.1, 0.15) is 0 Å². The Morgan fingerprint density at radius 1 is 0.710 bits per heavy atom. The van der Waals surface area contributed by atoms with Crippen LogP contribution >= 0.6 is 0 Å². The molecule has 31 heavy (non-hydrogen) atoms. The largest absolute Gasteiger partial charge is 0.317 e. The third-order valence-corrected chi connectivity index (χ3v) is 6.64. The van der Waals surface area contributed by atoms with E-state index in [1.165, 1.54) is 4.68 Å². The van der Waals surface area contributed by atoms with Crippen LogP contribution in [0.5, 0.6) is 0 Å². The summed E-state index contributed by atoms with van der Waals surface area (Å²) in [6, 6.07) is 30.7. The van der Waals surface area contributed by atoms with Crippen LogP contribution in [0.3, 0.4) is 0 Å². The molecule has 4 aromatic carbocycles. The van der Waals surface area contributed by atoms with Crippen molar-refractivity contribution in [3.8, 4) is 11.3 Å². The van der Waals surface area contributed by atoms with E-state index in [2.05, 4.69) is 17.0 Å². The molecule has 0 saturated heterocycles. The third-order valence-electron chi connectivity index (χ3n) is 5.38. The van der Waals surface area contributed by atoms with Gasteiger partial charge in [-0.15, -0.1) is 0 Å². The molecule has 152 valence electrons. The number of nitrogens with zero attached hydrogens (tertiary/aromatic N) is 2. The van der Waals surface area contributed by atoms with Crippen LogP contribution in [0.2, 0.25) is 0 Å². The van der Waals surface area contributed by atoms with Gasteiger partial charge in [-0.25, -0.2) is 13.1 Å². The Balaban J connectivity index is 1.73. The number of benzene rings is 4. The lowest BCUT2D eigenvalue weighted by molar-refractivity contribution is -0.600. The van der Waals surface area contributed by atoms with E-state index >= 15 is 0 Å². The lowest BCUT2D eigenvalue weighted by Gasteiger charge is -2.18. The summed E-state index contributed by atoms with van der Waals surface area (Å²) < 4.78 is 27.6. The first kappa shape index (κ1) is 19.3. The van der Waals surface area contributed by atoms with Crippen LogP contribution in [0.1, 0.15) is 5.56 Å². The molecular weight excluding hydrogens is 404 g/mol. The maximum Gasteiger partial charge on any atom is 0.209 e. The molecule has 5 aromatic rings. The second-order valence-corrected chi connectivity index (χ2v) is 9.11. The molecule has 0 amide bonds. The minimum absolute atomic E-state index is 0.170. The summed E-state index contributed by atoms with van der Waals surface area (Å²) in [4.78, 5) is 4.36. The van der Waals surface area contributed by atoms with Gasteiger partial charge in [0.15, 0.2) is 16.2 Å². The van der Waals surface area contributed by atoms with Gasteiger partial charge in [-0.2, -0.15) is 0 Å². The molecule has 0 fully saturated rings. The van der Waals surface area contributed by atoms with Crippen LogP contribution in [-0.2, 0) is 10.0 Å². The summed E-state index contributed by atoms with van der Waals surface area (Å²) in [7, 11) is -3.88. The smallest absolute Gasteiger partial charge is 0.209 e. The number of aryl methyl sites for hydroxylation is 1. The van der Waals surface area contributed by atoms with Crippen molar-refractivity contribution >= 4 is 31.6 Å². The first-order chi connectivity index (χ1) is 15.0. The number of sulfonamides is 1. The van der Waals surface area contributed by atoms with Crippen molar-refractivity contribution in [1.82, 2.24) is 0 Å². The normalized spacial score (nSPS) is 11.6. The Morgan fingerprint density at radius 3 is 2.16 bits per heavy atom. The van der Waals surface area contributed by atoms with Crippen molar-refractivity contribution in [2.24, 2.45) is 0 Å². The second kappa shape index (κ2) is 7.52. The predicted molar refractivity (Wildman–Crippen MR) is 124 cm³/mol. The summed E-state index contributed by atoms with van der Waals surface area (Å²) in [5.74, 6) is 0. The van der Waals surface area contributed by atoms with E-state index in [9.17, 15) is 8.42 Å². The second-order valence-electron chi connectivity index (χ2n) is 7.53. The Hall–Kier alpha value is -3.70. The molecule has 5 heteroatoms. The standard InChI is InChI=1S/C26H20N2O2S/c1-19-11-15-23(16-12-19)31(29,30)27-28-18-22-14-13-20-7-5-6-10-24(20)25(22)17-26(28)21-8-3-2-4-9-21/h2-18H,1H3. The molecule has 0 saturated carbocycles. The monoisotopic (exact) mass is 424 g/mol. The van der Waals surface area contributed by atoms with Crippen molar-refractivity contribution in [3.05, 3.63) is 114 Å². The number of hydrogen-bond donors (Lipinski definition) is 0. The molecule has 1 heterocycles. The Morgan fingerprint density at radius 2 is 1.39 bits per heavy atom. The van der Waals surface area contributed by atoms with Crippen LogP contribution in [0.15, 0.2) is 108 Å². The van der Waals surface area contributed by atoms with Crippen molar-refractivity contribution in [1.29, 1.82) is 0 Å². The number of fused-ring (bicyclic) bond motifs is 3. The Bertz CT molecular complexity index is 1510. The number of hydrogen-bond acceptors (Lipinski definition) is 2. The van der Waals surface area contributed by atoms with Crippen LogP contribution in [0.4, 0.5) is 0 Å². The predicted octanol–water partition coefficient (Wildman–Crippen LogP) is 5.78. The first-order valence-electron chi connectivity index (χ1n) is 9.99. The van der Waals surface area contributed by atoms with E-state index < -0.39 is 10.0 Å². The minimum Gasteiger partial charge on any atom is -0.317 e. The van der Waals surface area contributed by atoms with Gasteiger partial charge in [-0.05, 0) is 48.0 Å². The van der Waals surface area contributed by atoms with E-state index in [4.69, 9.17) is 0 Å². The zero-order chi connectivity index (χ0) is 21.4. The molecule has 0 aliphatic rings. The molecule has 0 atom stereocenters. The van der Waals surface area contributed by atoms with Crippen LogP contribution in [0.25, 0.3) is 37.6 Å². The van der Waals surface area contributed by atoms with Crippen molar-refractivity contribution in [2.45, 2.75) is 11.8 Å². The highest BCUT2D eigenvalue weighted by Gasteiger charge is 2.16. The van der Waals surface area contributed by atoms with Gasteiger partial charge in [-0.1, -0.05) is 66.2 Å². The molecule has 1 aromatic heterocycles. The van der Waals surface area contributed by atoms with Gasteiger partial charge >= 0.3 is 0 Å². The van der Waals surface area contributed by atoms with Crippen LogP contribution < -0.4 is 4.68 Å². The van der Waals surface area contributed by atoms with E-state index in [1.54, 1.807) is 30.5 Å². The number of aromatic nitrogens is 1. The fraction of sp³-hybridized carbons (Fsp3) is 0.0385. The van der Waals surface area contributed by atoms with Crippen molar-refractivity contribution in [2.75, 3.05) is 0 Å². The zero-order valence-corrected chi connectivity index (χ0v) is 17.8. The van der Waals surface area contributed by atoms with E-state index in [1.807, 2.05) is 67.6 Å². The molecule has 0 spiro atoms. The number of rotatable bonds is 4. The van der Waals surface area contributed by atoms with Gasteiger partial charge in [-0.3, -0.25) is 0 Å².